The highest BCUT2D eigenvalue weighted by atomic mass is 32.2. The highest BCUT2D eigenvalue weighted by Crippen LogP contribution is 2.72. The van der Waals surface area contributed by atoms with Crippen molar-refractivity contribution in [1.29, 1.82) is 0 Å². The highest BCUT2D eigenvalue weighted by molar-refractivity contribution is 8.01. The SMILES string of the molecule is Cc1ccc(C2CC3C(SC(C)C3c3ccccc3)C2[Si](C)(C)C2C(c3ccc(C)o3)CC3C2SC(C)C3c2ccccc2)o1. The van der Waals surface area contributed by atoms with E-state index in [9.17, 15) is 0 Å². The van der Waals surface area contributed by atoms with Crippen LogP contribution in [-0.2, 0) is 0 Å². The molecule has 8 rings (SSSR count). The number of thioether (sulfide) groups is 2. The molecule has 4 fully saturated rings. The fraction of sp³-hybridized carbons (Fsp3) is 0.500. The lowest BCUT2D eigenvalue weighted by atomic mass is 9.82. The Labute approximate surface area is 279 Å². The van der Waals surface area contributed by atoms with Crippen molar-refractivity contribution in [3.8, 4) is 0 Å². The van der Waals surface area contributed by atoms with Gasteiger partial charge >= 0.3 is 0 Å². The standard InChI is InChI=1S/C40H48O2S2Si/c1-23-17-19-33(41-23)29-21-31-35(27-13-9-7-10-14-27)25(3)43-37(31)39(29)45(5,6)40-30(34-20-18-24(2)42-34)22-32-36(26(4)44-38(32)40)28-15-11-8-12-16-28/h7-20,25-26,29-32,35-40H,21-22H2,1-6H3. The monoisotopic (exact) mass is 652 g/mol. The summed E-state index contributed by atoms with van der Waals surface area (Å²) < 4.78 is 13.1. The van der Waals surface area contributed by atoms with Gasteiger partial charge in [0, 0.05) is 32.8 Å². The van der Waals surface area contributed by atoms with Crippen molar-refractivity contribution in [1.82, 2.24) is 0 Å². The second-order valence-corrected chi connectivity index (χ2v) is 23.4. The third-order valence-corrected chi connectivity index (χ3v) is 21.3. The summed E-state index contributed by atoms with van der Waals surface area (Å²) >= 11 is 4.65. The van der Waals surface area contributed by atoms with Gasteiger partial charge in [0.2, 0.25) is 0 Å². The Morgan fingerprint density at radius 3 is 1.33 bits per heavy atom. The number of hydrogen-bond acceptors (Lipinski definition) is 4. The Morgan fingerprint density at radius 2 is 0.978 bits per heavy atom. The van der Waals surface area contributed by atoms with Crippen LogP contribution in [0.2, 0.25) is 24.2 Å². The molecule has 12 unspecified atom stereocenters. The van der Waals surface area contributed by atoms with E-state index in [2.05, 4.69) is 149 Å². The number of benzene rings is 2. The molecule has 0 bridgehead atoms. The minimum atomic E-state index is -1.96. The molecule has 2 nitrogen and oxygen atoms in total. The van der Waals surface area contributed by atoms with Crippen LogP contribution in [0.25, 0.3) is 0 Å². The normalized spacial score (nSPS) is 37.6. The molecule has 4 aliphatic rings. The van der Waals surface area contributed by atoms with Gasteiger partial charge in [-0.15, -0.1) is 0 Å². The largest absolute Gasteiger partial charge is 0.466 e. The van der Waals surface area contributed by atoms with Gasteiger partial charge in [-0.05, 0) is 96.8 Å². The summed E-state index contributed by atoms with van der Waals surface area (Å²) in [6.07, 6.45) is 2.49. The van der Waals surface area contributed by atoms with Gasteiger partial charge in [0.1, 0.15) is 23.0 Å². The van der Waals surface area contributed by atoms with E-state index in [-0.39, 0.29) is 0 Å². The molecule has 0 radical (unpaired) electrons. The Balaban J connectivity index is 1.22. The van der Waals surface area contributed by atoms with E-state index in [1.54, 1.807) is 0 Å². The summed E-state index contributed by atoms with van der Waals surface area (Å²) in [6, 6.07) is 32.0. The third kappa shape index (κ3) is 4.97. The summed E-state index contributed by atoms with van der Waals surface area (Å²) in [5.41, 5.74) is 4.41. The highest BCUT2D eigenvalue weighted by Gasteiger charge is 2.65. The van der Waals surface area contributed by atoms with Crippen LogP contribution in [0.3, 0.4) is 0 Å². The van der Waals surface area contributed by atoms with Gasteiger partial charge < -0.3 is 8.83 Å². The molecule has 4 aromatic rings. The van der Waals surface area contributed by atoms with Crippen LogP contribution in [0.5, 0.6) is 0 Å². The van der Waals surface area contributed by atoms with Crippen LogP contribution in [0.4, 0.5) is 0 Å². The first-order valence-corrected chi connectivity index (χ1v) is 22.3. The quantitative estimate of drug-likeness (QED) is 0.194. The maximum Gasteiger partial charge on any atom is 0.107 e. The van der Waals surface area contributed by atoms with Crippen molar-refractivity contribution in [3.05, 3.63) is 119 Å². The van der Waals surface area contributed by atoms with E-state index in [4.69, 9.17) is 8.83 Å². The maximum absolute atomic E-state index is 6.57. The molecule has 2 aliphatic heterocycles. The van der Waals surface area contributed by atoms with E-state index in [0.717, 1.165) is 11.5 Å². The number of hydrogen-bond donors (Lipinski definition) is 0. The summed E-state index contributed by atoms with van der Waals surface area (Å²) in [5, 5.41) is 2.62. The summed E-state index contributed by atoms with van der Waals surface area (Å²) in [4.78, 5) is 0. The zero-order valence-corrected chi connectivity index (χ0v) is 30.2. The Hall–Kier alpha value is -2.08. The van der Waals surface area contributed by atoms with E-state index in [0.29, 0.717) is 67.6 Å². The van der Waals surface area contributed by atoms with Gasteiger partial charge in [0.05, 0.1) is 8.07 Å². The van der Waals surface area contributed by atoms with Crippen molar-refractivity contribution >= 4 is 31.6 Å². The molecule has 2 aromatic heterocycles. The first kappa shape index (κ1) is 30.3. The molecular weight excluding hydrogens is 605 g/mol. The predicted octanol–water partition coefficient (Wildman–Crippen LogP) is 11.4. The molecular formula is C40H48O2S2Si. The minimum Gasteiger partial charge on any atom is -0.466 e. The van der Waals surface area contributed by atoms with Crippen molar-refractivity contribution in [3.63, 3.8) is 0 Å². The van der Waals surface area contributed by atoms with Gasteiger partial charge in [0.15, 0.2) is 0 Å². The molecule has 45 heavy (non-hydrogen) atoms. The van der Waals surface area contributed by atoms with Crippen molar-refractivity contribution < 1.29 is 8.83 Å². The zero-order chi connectivity index (χ0) is 31.0. The lowest BCUT2D eigenvalue weighted by molar-refractivity contribution is 0.411. The number of furan rings is 2. The van der Waals surface area contributed by atoms with Crippen LogP contribution in [0.1, 0.15) is 84.5 Å². The van der Waals surface area contributed by atoms with Gasteiger partial charge in [0.25, 0.3) is 0 Å². The molecule has 2 saturated heterocycles. The summed E-state index contributed by atoms with van der Waals surface area (Å²) in [7, 11) is -1.96. The van der Waals surface area contributed by atoms with Crippen molar-refractivity contribution in [2.45, 2.75) is 109 Å². The maximum atomic E-state index is 6.57. The lowest BCUT2D eigenvalue weighted by Crippen LogP contribution is -2.47. The van der Waals surface area contributed by atoms with Crippen LogP contribution in [-0.4, -0.2) is 29.1 Å². The molecule has 5 heteroatoms. The fourth-order valence-electron chi connectivity index (χ4n) is 11.0. The van der Waals surface area contributed by atoms with E-state index in [1.165, 1.54) is 35.5 Å². The summed E-state index contributed by atoms with van der Waals surface area (Å²) in [6.45, 7) is 14.9. The molecule has 236 valence electrons. The van der Waals surface area contributed by atoms with Crippen molar-refractivity contribution in [2.24, 2.45) is 11.8 Å². The van der Waals surface area contributed by atoms with Crippen LogP contribution in [0.15, 0.2) is 93.8 Å². The van der Waals surface area contributed by atoms with Crippen molar-refractivity contribution in [2.75, 3.05) is 0 Å². The molecule has 0 amide bonds. The second-order valence-electron chi connectivity index (χ2n) is 15.3. The van der Waals surface area contributed by atoms with E-state index >= 15 is 0 Å². The third-order valence-electron chi connectivity index (χ3n) is 12.5. The Bertz CT molecular complexity index is 1510. The number of fused-ring (bicyclic) bond motifs is 2. The van der Waals surface area contributed by atoms with Gasteiger partial charge in [-0.3, -0.25) is 0 Å². The smallest absolute Gasteiger partial charge is 0.107 e. The predicted molar refractivity (Wildman–Crippen MR) is 194 cm³/mol. The number of rotatable bonds is 6. The van der Waals surface area contributed by atoms with Gasteiger partial charge in [-0.25, -0.2) is 0 Å². The van der Waals surface area contributed by atoms with Crippen LogP contribution in [0, 0.1) is 25.7 Å². The topological polar surface area (TPSA) is 26.3 Å². The molecule has 2 aromatic carbocycles. The molecule has 2 saturated carbocycles. The summed E-state index contributed by atoms with van der Waals surface area (Å²) in [5.74, 6) is 8.19. The molecule has 4 heterocycles. The molecule has 0 spiro atoms. The molecule has 0 N–H and O–H groups in total. The first-order chi connectivity index (χ1) is 21.7. The van der Waals surface area contributed by atoms with E-state index in [1.807, 2.05) is 0 Å². The first-order valence-electron chi connectivity index (χ1n) is 17.3. The van der Waals surface area contributed by atoms with Gasteiger partial charge in [-0.2, -0.15) is 23.5 Å². The van der Waals surface area contributed by atoms with Crippen LogP contribution >= 0.6 is 23.5 Å². The Morgan fingerprint density at radius 1 is 0.578 bits per heavy atom. The minimum absolute atomic E-state index is 0.494. The fourth-order valence-corrected chi connectivity index (χ4v) is 22.6. The Kier molecular flexibility index (Phi) is 7.77. The lowest BCUT2D eigenvalue weighted by Gasteiger charge is -2.45. The van der Waals surface area contributed by atoms with Gasteiger partial charge in [-0.1, -0.05) is 87.6 Å². The average Bonchev–Trinajstić information content (AvgIpc) is 3.85. The van der Waals surface area contributed by atoms with Crippen LogP contribution < -0.4 is 0 Å². The average molecular weight is 653 g/mol. The second kappa shape index (κ2) is 11.6. The number of aryl methyl sites for hydroxylation is 2. The van der Waals surface area contributed by atoms with E-state index < -0.39 is 8.07 Å². The molecule has 2 aliphatic carbocycles. The zero-order valence-electron chi connectivity index (χ0n) is 27.6. The molecule has 12 atom stereocenters.